The van der Waals surface area contributed by atoms with E-state index in [2.05, 4.69) is 4.90 Å². The Morgan fingerprint density at radius 2 is 1.60 bits per heavy atom. The van der Waals surface area contributed by atoms with Gasteiger partial charge in [-0.3, -0.25) is 4.90 Å². The molecule has 1 aliphatic rings. The first kappa shape index (κ1) is 22.7. The molecule has 5 nitrogen and oxygen atoms in total. The molecule has 1 fully saturated rings. The van der Waals surface area contributed by atoms with Gasteiger partial charge in [0.05, 0.1) is 23.7 Å². The number of hydrogen-bond donors (Lipinski definition) is 0. The quantitative estimate of drug-likeness (QED) is 0.627. The Kier molecular flexibility index (Phi) is 7.51. The van der Waals surface area contributed by atoms with Crippen molar-refractivity contribution in [2.45, 2.75) is 24.0 Å². The minimum Gasteiger partial charge on any atom is -0.379 e. The Morgan fingerprint density at radius 1 is 0.967 bits per heavy atom. The zero-order chi connectivity index (χ0) is 21.6. The van der Waals surface area contributed by atoms with Gasteiger partial charge in [0.2, 0.25) is 10.0 Å². The van der Waals surface area contributed by atoms with Crippen LogP contribution in [0.4, 0.5) is 13.2 Å². The highest BCUT2D eigenvalue weighted by Crippen LogP contribution is 2.29. The highest BCUT2D eigenvalue weighted by molar-refractivity contribution is 7.89. The summed E-state index contributed by atoms with van der Waals surface area (Å²) < 4.78 is 71.4. The van der Waals surface area contributed by atoms with E-state index in [0.717, 1.165) is 31.8 Å². The Bertz CT molecular complexity index is 897. The fourth-order valence-corrected chi connectivity index (χ4v) is 4.81. The van der Waals surface area contributed by atoms with E-state index in [1.165, 1.54) is 28.6 Å². The maximum absolute atomic E-state index is 13.2. The van der Waals surface area contributed by atoms with E-state index in [4.69, 9.17) is 4.74 Å². The van der Waals surface area contributed by atoms with Crippen LogP contribution in [-0.2, 0) is 27.5 Å². The molecule has 1 saturated heterocycles. The lowest BCUT2D eigenvalue weighted by Gasteiger charge is -2.28. The van der Waals surface area contributed by atoms with Gasteiger partial charge in [-0.1, -0.05) is 30.3 Å². The van der Waals surface area contributed by atoms with Crippen molar-refractivity contribution >= 4 is 10.0 Å². The fourth-order valence-electron chi connectivity index (χ4n) is 3.32. The summed E-state index contributed by atoms with van der Waals surface area (Å²) in [7, 11) is -3.77. The molecule has 2 aromatic carbocycles. The van der Waals surface area contributed by atoms with Crippen molar-refractivity contribution in [3.05, 3.63) is 65.7 Å². The third-order valence-electron chi connectivity index (χ3n) is 5.01. The van der Waals surface area contributed by atoms with Crippen molar-refractivity contribution in [1.82, 2.24) is 9.21 Å². The van der Waals surface area contributed by atoms with Crippen molar-refractivity contribution in [1.29, 1.82) is 0 Å². The van der Waals surface area contributed by atoms with Gasteiger partial charge in [-0.25, -0.2) is 8.42 Å². The van der Waals surface area contributed by atoms with Crippen molar-refractivity contribution < 1.29 is 26.3 Å². The number of hydrogen-bond acceptors (Lipinski definition) is 4. The first-order valence-electron chi connectivity index (χ1n) is 9.78. The second-order valence-electron chi connectivity index (χ2n) is 7.15. The number of benzene rings is 2. The molecule has 0 aromatic heterocycles. The van der Waals surface area contributed by atoms with Crippen LogP contribution in [-0.4, -0.2) is 57.0 Å². The predicted molar refractivity (Wildman–Crippen MR) is 107 cm³/mol. The molecule has 0 saturated carbocycles. The summed E-state index contributed by atoms with van der Waals surface area (Å²) in [5, 5.41) is 0. The van der Waals surface area contributed by atoms with Crippen LogP contribution in [0, 0.1) is 0 Å². The number of alkyl halides is 3. The van der Waals surface area contributed by atoms with Gasteiger partial charge in [-0.2, -0.15) is 17.5 Å². The van der Waals surface area contributed by atoms with Crippen LogP contribution < -0.4 is 0 Å². The van der Waals surface area contributed by atoms with Gasteiger partial charge < -0.3 is 4.74 Å². The van der Waals surface area contributed by atoms with Crippen LogP contribution in [0.15, 0.2) is 59.5 Å². The Morgan fingerprint density at radius 3 is 2.20 bits per heavy atom. The van der Waals surface area contributed by atoms with Crippen LogP contribution in [0.25, 0.3) is 0 Å². The zero-order valence-corrected chi connectivity index (χ0v) is 17.3. The summed E-state index contributed by atoms with van der Waals surface area (Å²) in [6.07, 6.45) is -3.81. The second kappa shape index (κ2) is 9.91. The molecule has 0 unspecified atom stereocenters. The Hall–Kier alpha value is -1.94. The number of morpholine rings is 1. The van der Waals surface area contributed by atoms with Crippen molar-refractivity contribution in [3.8, 4) is 0 Å². The lowest BCUT2D eigenvalue weighted by Crippen LogP contribution is -2.39. The highest BCUT2D eigenvalue weighted by atomic mass is 32.2. The molecule has 9 heteroatoms. The van der Waals surface area contributed by atoms with E-state index >= 15 is 0 Å². The molecule has 0 atom stereocenters. The summed E-state index contributed by atoms with van der Waals surface area (Å²) in [4.78, 5) is 2.39. The minimum absolute atomic E-state index is 0.0124. The standard InChI is InChI=1S/C21H25F3N2O3S/c22-21(23,24)19-9-7-18(8-10-19)17-26(12-4-11-25-13-15-29-16-14-25)30(27,28)20-5-2-1-3-6-20/h1-3,5-10H,4,11-17H2. The molecule has 0 N–H and O–H groups in total. The summed E-state index contributed by atoms with van der Waals surface area (Å²) in [5.41, 5.74) is -0.245. The Balaban J connectivity index is 1.74. The van der Waals surface area contributed by atoms with Crippen molar-refractivity contribution in [2.24, 2.45) is 0 Å². The van der Waals surface area contributed by atoms with Gasteiger partial charge in [0.15, 0.2) is 0 Å². The molecular weight excluding hydrogens is 417 g/mol. The number of sulfonamides is 1. The molecule has 1 aliphatic heterocycles. The first-order chi connectivity index (χ1) is 14.3. The van der Waals surface area contributed by atoms with Gasteiger partial charge in [0.25, 0.3) is 0 Å². The molecule has 0 radical (unpaired) electrons. The molecule has 2 aromatic rings. The average Bonchev–Trinajstić information content (AvgIpc) is 2.74. The summed E-state index contributed by atoms with van der Waals surface area (Å²) in [5.74, 6) is 0. The largest absolute Gasteiger partial charge is 0.416 e. The van der Waals surface area contributed by atoms with Gasteiger partial charge in [-0.15, -0.1) is 0 Å². The summed E-state index contributed by atoms with van der Waals surface area (Å²) >= 11 is 0. The zero-order valence-electron chi connectivity index (χ0n) is 16.5. The minimum atomic E-state index is -4.42. The van der Waals surface area contributed by atoms with Crippen LogP contribution in [0.3, 0.4) is 0 Å². The van der Waals surface area contributed by atoms with Crippen LogP contribution in [0.1, 0.15) is 17.5 Å². The monoisotopic (exact) mass is 442 g/mol. The molecule has 0 aliphatic carbocycles. The lowest BCUT2D eigenvalue weighted by molar-refractivity contribution is -0.137. The number of ether oxygens (including phenoxy) is 1. The highest BCUT2D eigenvalue weighted by Gasteiger charge is 2.30. The molecule has 0 bridgehead atoms. The molecule has 3 rings (SSSR count). The first-order valence-corrected chi connectivity index (χ1v) is 11.2. The molecule has 30 heavy (non-hydrogen) atoms. The van der Waals surface area contributed by atoms with Crippen LogP contribution in [0.2, 0.25) is 0 Å². The van der Waals surface area contributed by atoms with Gasteiger partial charge >= 0.3 is 6.18 Å². The van der Waals surface area contributed by atoms with Gasteiger partial charge in [0.1, 0.15) is 0 Å². The number of nitrogens with zero attached hydrogens (tertiary/aromatic N) is 2. The van der Waals surface area contributed by atoms with Crippen molar-refractivity contribution in [3.63, 3.8) is 0 Å². The molecule has 1 heterocycles. The van der Waals surface area contributed by atoms with E-state index in [-0.39, 0.29) is 18.0 Å². The lowest BCUT2D eigenvalue weighted by atomic mass is 10.1. The molecule has 164 valence electrons. The molecule has 0 spiro atoms. The normalized spacial score (nSPS) is 16.1. The van der Waals surface area contributed by atoms with Crippen LogP contribution in [0.5, 0.6) is 0 Å². The summed E-state index contributed by atoms with van der Waals surface area (Å²) in [6.45, 7) is 3.97. The number of halogens is 3. The fraction of sp³-hybridized carbons (Fsp3) is 0.429. The SMILES string of the molecule is O=S(=O)(c1ccccc1)N(CCCN1CCOCC1)Cc1ccc(C(F)(F)F)cc1. The van der Waals surface area contributed by atoms with Crippen LogP contribution >= 0.6 is 0 Å². The predicted octanol–water partition coefficient (Wildman–Crippen LogP) is 3.62. The molecule has 0 amide bonds. The Labute approximate surface area is 175 Å². The topological polar surface area (TPSA) is 49.9 Å². The van der Waals surface area contributed by atoms with E-state index in [1.807, 2.05) is 0 Å². The third kappa shape index (κ3) is 6.04. The maximum Gasteiger partial charge on any atom is 0.416 e. The van der Waals surface area contributed by atoms with Gasteiger partial charge in [0, 0.05) is 26.2 Å². The second-order valence-corrected chi connectivity index (χ2v) is 9.09. The third-order valence-corrected chi connectivity index (χ3v) is 6.87. The van der Waals surface area contributed by atoms with E-state index < -0.39 is 21.8 Å². The van der Waals surface area contributed by atoms with Gasteiger partial charge in [-0.05, 0) is 42.8 Å². The summed E-state index contributed by atoms with van der Waals surface area (Å²) in [6, 6.07) is 12.7. The van der Waals surface area contributed by atoms with E-state index in [9.17, 15) is 21.6 Å². The maximum atomic E-state index is 13.2. The average molecular weight is 443 g/mol. The van der Waals surface area contributed by atoms with Crippen molar-refractivity contribution in [2.75, 3.05) is 39.4 Å². The van der Waals surface area contributed by atoms with E-state index in [1.54, 1.807) is 18.2 Å². The smallest absolute Gasteiger partial charge is 0.379 e. The number of rotatable bonds is 8. The van der Waals surface area contributed by atoms with E-state index in [0.29, 0.717) is 25.2 Å². The molecular formula is C21H25F3N2O3S.